The summed E-state index contributed by atoms with van der Waals surface area (Å²) in [6.45, 7) is 7.36. The topological polar surface area (TPSA) is 83.4 Å². The smallest absolute Gasteiger partial charge is 0.323 e. The highest BCUT2D eigenvalue weighted by atomic mass is 16.5. The van der Waals surface area contributed by atoms with Gasteiger partial charge in [0.15, 0.2) is 0 Å². The first-order valence-electron chi connectivity index (χ1n) is 7.03. The van der Waals surface area contributed by atoms with Crippen molar-refractivity contribution in [2.24, 2.45) is 5.92 Å². The van der Waals surface area contributed by atoms with E-state index in [2.05, 4.69) is 25.2 Å². The van der Waals surface area contributed by atoms with Crippen molar-refractivity contribution in [3.8, 4) is 6.01 Å². The van der Waals surface area contributed by atoms with Crippen LogP contribution >= 0.6 is 0 Å². The Kier molecular flexibility index (Phi) is 4.59. The average Bonchev–Trinajstić information content (AvgIpc) is 2.40. The fraction of sp³-hybridized carbons (Fsp3) is 0.769. The van der Waals surface area contributed by atoms with Crippen molar-refractivity contribution < 1.29 is 9.84 Å². The van der Waals surface area contributed by atoms with Crippen molar-refractivity contribution in [2.75, 3.05) is 30.4 Å². The largest absolute Gasteiger partial charge is 0.461 e. The van der Waals surface area contributed by atoms with Gasteiger partial charge >= 0.3 is 6.01 Å². The third kappa shape index (κ3) is 3.47. The second-order valence-electron chi connectivity index (χ2n) is 5.44. The van der Waals surface area contributed by atoms with E-state index in [1.165, 1.54) is 0 Å². The molecule has 2 unspecified atom stereocenters. The maximum absolute atomic E-state index is 9.80. The van der Waals surface area contributed by atoms with Crippen LogP contribution in [0.1, 0.15) is 27.2 Å². The first kappa shape index (κ1) is 14.8. The lowest BCUT2D eigenvalue weighted by Gasteiger charge is -2.34. The van der Waals surface area contributed by atoms with Gasteiger partial charge in [0.25, 0.3) is 0 Å². The molecular formula is C13H23N5O2. The molecule has 2 heterocycles. The Balaban J connectivity index is 2.21. The van der Waals surface area contributed by atoms with Gasteiger partial charge in [0, 0.05) is 20.1 Å². The summed E-state index contributed by atoms with van der Waals surface area (Å²) in [6, 6.07) is 0.327. The standard InChI is InChI=1S/C13H23N5O2/c1-8(2)20-13-16-11(14-4)15-12(17-13)18-6-5-10(19)9(3)7-18/h8-10,19H,5-7H2,1-4H3,(H,14,15,16,17). The molecule has 1 saturated heterocycles. The Labute approximate surface area is 119 Å². The molecule has 1 aliphatic rings. The molecule has 0 radical (unpaired) electrons. The monoisotopic (exact) mass is 281 g/mol. The molecule has 0 spiro atoms. The van der Waals surface area contributed by atoms with Crippen LogP contribution in [0.15, 0.2) is 0 Å². The number of aromatic nitrogens is 3. The van der Waals surface area contributed by atoms with Crippen LogP contribution in [-0.2, 0) is 0 Å². The summed E-state index contributed by atoms with van der Waals surface area (Å²) < 4.78 is 5.56. The molecule has 1 fully saturated rings. The van der Waals surface area contributed by atoms with Crippen LogP contribution in [0.2, 0.25) is 0 Å². The molecule has 7 heteroatoms. The van der Waals surface area contributed by atoms with Crippen molar-refractivity contribution in [2.45, 2.75) is 39.4 Å². The fourth-order valence-corrected chi connectivity index (χ4v) is 2.18. The number of nitrogens with zero attached hydrogens (tertiary/aromatic N) is 4. The van der Waals surface area contributed by atoms with Crippen LogP contribution in [0.25, 0.3) is 0 Å². The quantitative estimate of drug-likeness (QED) is 0.848. The Morgan fingerprint density at radius 3 is 2.70 bits per heavy atom. The van der Waals surface area contributed by atoms with E-state index >= 15 is 0 Å². The van der Waals surface area contributed by atoms with E-state index in [0.29, 0.717) is 17.9 Å². The van der Waals surface area contributed by atoms with Gasteiger partial charge in [-0.25, -0.2) is 0 Å². The molecule has 20 heavy (non-hydrogen) atoms. The highest BCUT2D eigenvalue weighted by Gasteiger charge is 2.26. The van der Waals surface area contributed by atoms with Crippen molar-refractivity contribution in [3.05, 3.63) is 0 Å². The summed E-state index contributed by atoms with van der Waals surface area (Å²) >= 11 is 0. The Hall–Kier alpha value is -1.63. The number of rotatable bonds is 4. The van der Waals surface area contributed by atoms with Gasteiger partial charge < -0.3 is 20.1 Å². The van der Waals surface area contributed by atoms with E-state index in [1.54, 1.807) is 7.05 Å². The van der Waals surface area contributed by atoms with Crippen molar-refractivity contribution >= 4 is 11.9 Å². The van der Waals surface area contributed by atoms with Gasteiger partial charge in [0.05, 0.1) is 12.2 Å². The predicted octanol–water partition coefficient (Wildman–Crippen LogP) is 0.908. The van der Waals surface area contributed by atoms with Gasteiger partial charge in [-0.1, -0.05) is 6.92 Å². The molecule has 7 nitrogen and oxygen atoms in total. The SMILES string of the molecule is CNc1nc(OC(C)C)nc(N2CCC(O)C(C)C2)n1. The third-order valence-corrected chi connectivity index (χ3v) is 3.31. The molecule has 2 rings (SSSR count). The molecule has 2 N–H and O–H groups in total. The Morgan fingerprint density at radius 2 is 2.10 bits per heavy atom. The van der Waals surface area contributed by atoms with Gasteiger partial charge in [0.1, 0.15) is 0 Å². The number of aliphatic hydroxyl groups excluding tert-OH is 1. The molecule has 0 aliphatic carbocycles. The molecule has 2 atom stereocenters. The van der Waals surface area contributed by atoms with E-state index in [4.69, 9.17) is 4.74 Å². The highest BCUT2D eigenvalue weighted by molar-refractivity contribution is 5.38. The van der Waals surface area contributed by atoms with Crippen molar-refractivity contribution in [1.29, 1.82) is 0 Å². The maximum Gasteiger partial charge on any atom is 0.323 e. The van der Waals surface area contributed by atoms with Crippen LogP contribution in [0, 0.1) is 5.92 Å². The zero-order chi connectivity index (χ0) is 14.7. The van der Waals surface area contributed by atoms with Gasteiger partial charge in [-0.3, -0.25) is 0 Å². The highest BCUT2D eigenvalue weighted by Crippen LogP contribution is 2.22. The second kappa shape index (κ2) is 6.21. The second-order valence-corrected chi connectivity index (χ2v) is 5.44. The number of aliphatic hydroxyl groups is 1. The molecule has 1 aliphatic heterocycles. The number of hydrogen-bond acceptors (Lipinski definition) is 7. The summed E-state index contributed by atoms with van der Waals surface area (Å²) in [6.07, 6.45) is 0.488. The molecular weight excluding hydrogens is 258 g/mol. The summed E-state index contributed by atoms with van der Waals surface area (Å²) in [5.74, 6) is 1.29. The Morgan fingerprint density at radius 1 is 1.35 bits per heavy atom. The normalized spacial score (nSPS) is 23.0. The molecule has 0 aromatic carbocycles. The number of anilines is 2. The zero-order valence-electron chi connectivity index (χ0n) is 12.5. The van der Waals surface area contributed by atoms with Gasteiger partial charge in [-0.2, -0.15) is 15.0 Å². The van der Waals surface area contributed by atoms with Gasteiger partial charge in [-0.05, 0) is 26.2 Å². The van der Waals surface area contributed by atoms with Crippen molar-refractivity contribution in [3.63, 3.8) is 0 Å². The molecule has 0 bridgehead atoms. The lowest BCUT2D eigenvalue weighted by atomic mass is 9.97. The molecule has 0 amide bonds. The van der Waals surface area contributed by atoms with E-state index in [0.717, 1.165) is 19.5 Å². The van der Waals surface area contributed by atoms with E-state index < -0.39 is 0 Å². The summed E-state index contributed by atoms with van der Waals surface area (Å²) in [4.78, 5) is 15.0. The van der Waals surface area contributed by atoms with Crippen LogP contribution < -0.4 is 15.0 Å². The summed E-state index contributed by atoms with van der Waals surface area (Å²) in [5, 5.41) is 12.7. The summed E-state index contributed by atoms with van der Waals surface area (Å²) in [7, 11) is 1.76. The zero-order valence-corrected chi connectivity index (χ0v) is 12.5. The van der Waals surface area contributed by atoms with Gasteiger partial charge in [0.2, 0.25) is 11.9 Å². The van der Waals surface area contributed by atoms with Crippen LogP contribution in [0.4, 0.5) is 11.9 Å². The minimum atomic E-state index is -0.247. The lowest BCUT2D eigenvalue weighted by molar-refractivity contribution is 0.0965. The number of nitrogens with one attached hydrogen (secondary N) is 1. The van der Waals surface area contributed by atoms with Crippen molar-refractivity contribution in [1.82, 2.24) is 15.0 Å². The van der Waals surface area contributed by atoms with E-state index in [9.17, 15) is 5.11 Å². The molecule has 0 saturated carbocycles. The van der Waals surface area contributed by atoms with E-state index in [1.807, 2.05) is 20.8 Å². The minimum Gasteiger partial charge on any atom is -0.461 e. The molecule has 1 aromatic heterocycles. The van der Waals surface area contributed by atoms with Crippen LogP contribution in [-0.4, -0.2) is 52.4 Å². The van der Waals surface area contributed by atoms with E-state index in [-0.39, 0.29) is 18.1 Å². The fourth-order valence-electron chi connectivity index (χ4n) is 2.18. The van der Waals surface area contributed by atoms with Crippen LogP contribution in [0.5, 0.6) is 6.01 Å². The first-order chi connectivity index (χ1) is 9.49. The number of hydrogen-bond donors (Lipinski definition) is 2. The average molecular weight is 281 g/mol. The van der Waals surface area contributed by atoms with Gasteiger partial charge in [-0.15, -0.1) is 0 Å². The minimum absolute atomic E-state index is 0.0112. The summed E-state index contributed by atoms with van der Waals surface area (Å²) in [5.41, 5.74) is 0. The number of ether oxygens (including phenoxy) is 1. The Bertz CT molecular complexity index is 454. The first-order valence-corrected chi connectivity index (χ1v) is 7.03. The predicted molar refractivity (Wildman–Crippen MR) is 77.1 cm³/mol. The van der Waals surface area contributed by atoms with Crippen LogP contribution in [0.3, 0.4) is 0 Å². The third-order valence-electron chi connectivity index (χ3n) is 3.31. The maximum atomic E-state index is 9.80. The molecule has 1 aromatic rings. The molecule has 112 valence electrons. The lowest BCUT2D eigenvalue weighted by Crippen LogP contribution is -2.42. The number of piperidine rings is 1.